The number of carbonyl (C=O) groups is 1. The summed E-state index contributed by atoms with van der Waals surface area (Å²) in [4.78, 5) is 14.5. The summed E-state index contributed by atoms with van der Waals surface area (Å²) in [5, 5.41) is 0.961. The van der Waals surface area contributed by atoms with Crippen molar-refractivity contribution in [3.8, 4) is 5.75 Å². The van der Waals surface area contributed by atoms with Crippen molar-refractivity contribution in [1.29, 1.82) is 0 Å². The molecule has 4 heteroatoms. The van der Waals surface area contributed by atoms with Gasteiger partial charge in [-0.1, -0.05) is 6.07 Å². The zero-order valence-electron chi connectivity index (χ0n) is 9.58. The molecule has 2 heterocycles. The number of ether oxygens (including phenoxy) is 2. The van der Waals surface area contributed by atoms with Crippen LogP contribution in [0.4, 0.5) is 0 Å². The highest BCUT2D eigenvalue weighted by molar-refractivity contribution is 5.97. The van der Waals surface area contributed by atoms with Crippen molar-refractivity contribution in [1.82, 2.24) is 4.98 Å². The van der Waals surface area contributed by atoms with Crippen LogP contribution in [0.2, 0.25) is 0 Å². The molecule has 0 atom stereocenters. The molecule has 0 spiro atoms. The Bertz CT molecular complexity index is 586. The van der Waals surface area contributed by atoms with Gasteiger partial charge in [-0.05, 0) is 30.5 Å². The lowest BCUT2D eigenvalue weighted by atomic mass is 10.0. The molecule has 4 nitrogen and oxygen atoms in total. The Kier molecular flexibility index (Phi) is 2.28. The number of rotatable bonds is 1. The van der Waals surface area contributed by atoms with Gasteiger partial charge < -0.3 is 14.5 Å². The lowest BCUT2D eigenvalue weighted by molar-refractivity contribution is 0.0595. The second-order valence-electron chi connectivity index (χ2n) is 4.14. The number of aromatic nitrogens is 1. The second-order valence-corrected chi connectivity index (χ2v) is 4.14. The minimum absolute atomic E-state index is 0.356. The fourth-order valence-electron chi connectivity index (χ4n) is 2.25. The molecule has 0 amide bonds. The van der Waals surface area contributed by atoms with Gasteiger partial charge >= 0.3 is 5.97 Å². The van der Waals surface area contributed by atoms with Crippen LogP contribution in [0.1, 0.15) is 22.5 Å². The van der Waals surface area contributed by atoms with E-state index in [-0.39, 0.29) is 5.97 Å². The maximum atomic E-state index is 11.5. The Balaban J connectivity index is 2.18. The summed E-state index contributed by atoms with van der Waals surface area (Å²) in [5.41, 5.74) is 2.58. The van der Waals surface area contributed by atoms with E-state index in [0.717, 1.165) is 36.1 Å². The van der Waals surface area contributed by atoms with E-state index in [1.807, 2.05) is 12.1 Å². The lowest BCUT2D eigenvalue weighted by Gasteiger charge is -2.17. The number of esters is 1. The number of hydrogen-bond acceptors (Lipinski definition) is 3. The standard InChI is InChI=1S/C13H13NO3/c1-16-13(15)11-7-9-10(14-11)5-4-8-3-2-6-17-12(8)9/h4-5,7,14H,2-3,6H2,1H3. The lowest BCUT2D eigenvalue weighted by Crippen LogP contribution is -2.08. The summed E-state index contributed by atoms with van der Waals surface area (Å²) < 4.78 is 10.4. The molecule has 1 aromatic heterocycles. The van der Waals surface area contributed by atoms with Gasteiger partial charge in [0.05, 0.1) is 13.7 Å². The average Bonchev–Trinajstić information content (AvgIpc) is 2.82. The molecule has 1 aliphatic heterocycles. The number of methoxy groups -OCH3 is 1. The molecule has 0 radical (unpaired) electrons. The largest absolute Gasteiger partial charge is 0.493 e. The first kappa shape index (κ1) is 10.2. The number of aromatic amines is 1. The summed E-state index contributed by atoms with van der Waals surface area (Å²) >= 11 is 0. The summed E-state index contributed by atoms with van der Waals surface area (Å²) in [6, 6.07) is 5.83. The molecule has 0 bridgehead atoms. The Labute approximate surface area is 98.5 Å². The van der Waals surface area contributed by atoms with Gasteiger partial charge in [-0.3, -0.25) is 0 Å². The molecule has 1 aliphatic rings. The van der Waals surface area contributed by atoms with Crippen molar-refractivity contribution in [2.45, 2.75) is 12.8 Å². The van der Waals surface area contributed by atoms with Crippen LogP contribution in [0.3, 0.4) is 0 Å². The first-order chi connectivity index (χ1) is 8.29. The van der Waals surface area contributed by atoms with Gasteiger partial charge in [-0.15, -0.1) is 0 Å². The number of H-pyrrole nitrogens is 1. The molecule has 0 saturated heterocycles. The van der Waals surface area contributed by atoms with Gasteiger partial charge in [0.15, 0.2) is 0 Å². The minimum atomic E-state index is -0.356. The summed E-state index contributed by atoms with van der Waals surface area (Å²) in [6.45, 7) is 0.741. The first-order valence-electron chi connectivity index (χ1n) is 5.65. The highest BCUT2D eigenvalue weighted by Gasteiger charge is 2.17. The van der Waals surface area contributed by atoms with Crippen molar-refractivity contribution in [3.63, 3.8) is 0 Å². The third-order valence-corrected chi connectivity index (χ3v) is 3.08. The monoisotopic (exact) mass is 231 g/mol. The number of nitrogens with one attached hydrogen (secondary N) is 1. The van der Waals surface area contributed by atoms with Crippen LogP contribution in [0.5, 0.6) is 5.75 Å². The van der Waals surface area contributed by atoms with Crippen molar-refractivity contribution in [2.24, 2.45) is 0 Å². The number of fused-ring (bicyclic) bond motifs is 3. The summed E-state index contributed by atoms with van der Waals surface area (Å²) in [6.07, 6.45) is 2.08. The molecule has 17 heavy (non-hydrogen) atoms. The third kappa shape index (κ3) is 1.56. The molecule has 88 valence electrons. The predicted molar refractivity (Wildman–Crippen MR) is 63.5 cm³/mol. The molecule has 1 aromatic carbocycles. The molecule has 3 rings (SSSR count). The van der Waals surface area contributed by atoms with Crippen LogP contribution in [-0.4, -0.2) is 24.7 Å². The smallest absolute Gasteiger partial charge is 0.354 e. The van der Waals surface area contributed by atoms with Crippen molar-refractivity contribution in [3.05, 3.63) is 29.5 Å². The minimum Gasteiger partial charge on any atom is -0.493 e. The highest BCUT2D eigenvalue weighted by Crippen LogP contribution is 2.33. The number of hydrogen-bond donors (Lipinski definition) is 1. The quantitative estimate of drug-likeness (QED) is 0.766. The molecule has 2 aromatic rings. The van der Waals surface area contributed by atoms with E-state index in [4.69, 9.17) is 9.47 Å². The Morgan fingerprint density at radius 2 is 2.35 bits per heavy atom. The Hall–Kier alpha value is -1.97. The van der Waals surface area contributed by atoms with E-state index in [1.54, 1.807) is 6.07 Å². The van der Waals surface area contributed by atoms with Crippen LogP contribution >= 0.6 is 0 Å². The van der Waals surface area contributed by atoms with Crippen molar-refractivity contribution < 1.29 is 14.3 Å². The zero-order chi connectivity index (χ0) is 11.8. The SMILES string of the molecule is COC(=O)c1cc2c3c(ccc2[nH]1)CCCO3. The third-order valence-electron chi connectivity index (χ3n) is 3.08. The Morgan fingerprint density at radius 3 is 3.18 bits per heavy atom. The zero-order valence-corrected chi connectivity index (χ0v) is 9.58. The Morgan fingerprint density at radius 1 is 1.47 bits per heavy atom. The molecule has 0 saturated carbocycles. The van der Waals surface area contributed by atoms with Gasteiger partial charge in [0.2, 0.25) is 0 Å². The fourth-order valence-corrected chi connectivity index (χ4v) is 2.25. The van der Waals surface area contributed by atoms with Crippen LogP contribution in [-0.2, 0) is 11.2 Å². The molecular weight excluding hydrogens is 218 g/mol. The van der Waals surface area contributed by atoms with E-state index in [1.165, 1.54) is 12.7 Å². The topological polar surface area (TPSA) is 51.3 Å². The van der Waals surface area contributed by atoms with Crippen LogP contribution in [0.25, 0.3) is 10.9 Å². The van der Waals surface area contributed by atoms with E-state index in [9.17, 15) is 4.79 Å². The highest BCUT2D eigenvalue weighted by atomic mass is 16.5. The predicted octanol–water partition coefficient (Wildman–Crippen LogP) is 2.28. The van der Waals surface area contributed by atoms with Gasteiger partial charge in [-0.25, -0.2) is 4.79 Å². The van der Waals surface area contributed by atoms with Crippen LogP contribution in [0, 0.1) is 0 Å². The van der Waals surface area contributed by atoms with Gasteiger partial charge in [0.25, 0.3) is 0 Å². The number of carbonyl (C=O) groups excluding carboxylic acids is 1. The normalized spacial score (nSPS) is 14.2. The van der Waals surface area contributed by atoms with Crippen LogP contribution < -0.4 is 4.74 Å². The maximum absolute atomic E-state index is 11.5. The van der Waals surface area contributed by atoms with E-state index < -0.39 is 0 Å². The number of benzene rings is 1. The average molecular weight is 231 g/mol. The van der Waals surface area contributed by atoms with Crippen LogP contribution in [0.15, 0.2) is 18.2 Å². The first-order valence-corrected chi connectivity index (χ1v) is 5.65. The summed E-state index contributed by atoms with van der Waals surface area (Å²) in [5.74, 6) is 0.547. The summed E-state index contributed by atoms with van der Waals surface area (Å²) in [7, 11) is 1.37. The van der Waals surface area contributed by atoms with Gasteiger partial charge in [0, 0.05) is 10.9 Å². The molecule has 0 fully saturated rings. The molecule has 1 N–H and O–H groups in total. The maximum Gasteiger partial charge on any atom is 0.354 e. The number of aryl methyl sites for hydroxylation is 1. The molecule has 0 unspecified atom stereocenters. The van der Waals surface area contributed by atoms with Crippen molar-refractivity contribution in [2.75, 3.05) is 13.7 Å². The van der Waals surface area contributed by atoms with E-state index in [2.05, 4.69) is 4.98 Å². The van der Waals surface area contributed by atoms with Gasteiger partial charge in [0.1, 0.15) is 11.4 Å². The molecule has 0 aliphatic carbocycles. The van der Waals surface area contributed by atoms with Crippen molar-refractivity contribution >= 4 is 16.9 Å². The fraction of sp³-hybridized carbons (Fsp3) is 0.308. The molecular formula is C13H13NO3. The van der Waals surface area contributed by atoms with E-state index in [0.29, 0.717) is 5.69 Å². The second kappa shape index (κ2) is 3.80. The van der Waals surface area contributed by atoms with Gasteiger partial charge in [-0.2, -0.15) is 0 Å². The van der Waals surface area contributed by atoms with E-state index >= 15 is 0 Å².